The van der Waals surface area contributed by atoms with Gasteiger partial charge in [-0.3, -0.25) is 0 Å². The Bertz CT molecular complexity index is 395. The maximum atomic E-state index is 11.3. The normalized spacial score (nSPS) is 9.13. The quantitative estimate of drug-likeness (QED) is 0.428. The molecule has 0 N–H and O–H groups in total. The molecule has 0 bridgehead atoms. The number of carbonyl (C=O) groups is 2. The van der Waals surface area contributed by atoms with E-state index in [1.165, 1.54) is 19.2 Å². The first-order valence-electron chi connectivity index (χ1n) is 4.20. The van der Waals surface area contributed by atoms with E-state index in [4.69, 9.17) is 4.74 Å². The Morgan fingerprint density at radius 1 is 1.33 bits per heavy atom. The molecule has 0 aromatic heterocycles. The Balaban J connectivity index is 3.01. The standard InChI is InChI=1S/C11H10O4/c1-3-10(12)15-9-7-5-4-6-8(9)11(13)14-2/h3-7H,1H2,2H3. The van der Waals surface area contributed by atoms with Crippen LogP contribution in [0.15, 0.2) is 36.9 Å². The van der Waals surface area contributed by atoms with E-state index in [0.717, 1.165) is 6.08 Å². The number of ether oxygens (including phenoxy) is 2. The van der Waals surface area contributed by atoms with Crippen LogP contribution in [0.2, 0.25) is 0 Å². The molecule has 0 heterocycles. The molecule has 0 aliphatic carbocycles. The van der Waals surface area contributed by atoms with E-state index in [9.17, 15) is 9.59 Å². The molecule has 0 amide bonds. The maximum Gasteiger partial charge on any atom is 0.341 e. The molecule has 1 rings (SSSR count). The van der Waals surface area contributed by atoms with Gasteiger partial charge < -0.3 is 9.47 Å². The van der Waals surface area contributed by atoms with Crippen LogP contribution in [0.25, 0.3) is 0 Å². The average Bonchev–Trinajstić information content (AvgIpc) is 2.28. The van der Waals surface area contributed by atoms with Crippen molar-refractivity contribution < 1.29 is 19.1 Å². The summed E-state index contributed by atoms with van der Waals surface area (Å²) in [6, 6.07) is 6.32. The van der Waals surface area contributed by atoms with Crippen molar-refractivity contribution in [2.24, 2.45) is 0 Å². The lowest BCUT2D eigenvalue weighted by Crippen LogP contribution is -2.09. The fourth-order valence-corrected chi connectivity index (χ4v) is 0.984. The largest absolute Gasteiger partial charge is 0.465 e. The molecule has 0 saturated carbocycles. The Kier molecular flexibility index (Phi) is 3.62. The van der Waals surface area contributed by atoms with Gasteiger partial charge in [-0.2, -0.15) is 0 Å². The van der Waals surface area contributed by atoms with Gasteiger partial charge in [0.05, 0.1) is 7.11 Å². The molecule has 0 spiro atoms. The molecule has 15 heavy (non-hydrogen) atoms. The predicted octanol–water partition coefficient (Wildman–Crippen LogP) is 1.56. The topological polar surface area (TPSA) is 52.6 Å². The van der Waals surface area contributed by atoms with Crippen LogP contribution in [0.3, 0.4) is 0 Å². The van der Waals surface area contributed by atoms with E-state index >= 15 is 0 Å². The maximum absolute atomic E-state index is 11.3. The van der Waals surface area contributed by atoms with Gasteiger partial charge >= 0.3 is 11.9 Å². The third-order valence-electron chi connectivity index (χ3n) is 1.67. The minimum Gasteiger partial charge on any atom is -0.465 e. The molecule has 0 unspecified atom stereocenters. The molecule has 0 aliphatic heterocycles. The molecule has 0 fully saturated rings. The SMILES string of the molecule is C=CC(=O)Oc1ccccc1C(=O)OC. The Labute approximate surface area is 87.1 Å². The molecular weight excluding hydrogens is 196 g/mol. The van der Waals surface area contributed by atoms with Crippen molar-refractivity contribution in [2.75, 3.05) is 7.11 Å². The fraction of sp³-hybridized carbons (Fsp3) is 0.0909. The summed E-state index contributed by atoms with van der Waals surface area (Å²) in [5, 5.41) is 0. The molecule has 0 atom stereocenters. The number of hydrogen-bond donors (Lipinski definition) is 0. The molecule has 0 aliphatic rings. The van der Waals surface area contributed by atoms with Gasteiger partial charge in [0.2, 0.25) is 0 Å². The van der Waals surface area contributed by atoms with Crippen molar-refractivity contribution in [3.05, 3.63) is 42.5 Å². The van der Waals surface area contributed by atoms with E-state index < -0.39 is 11.9 Å². The van der Waals surface area contributed by atoms with Crippen LogP contribution in [0.1, 0.15) is 10.4 Å². The number of benzene rings is 1. The summed E-state index contributed by atoms with van der Waals surface area (Å²) in [6.07, 6.45) is 1.02. The van der Waals surface area contributed by atoms with E-state index in [1.54, 1.807) is 12.1 Å². The molecule has 78 valence electrons. The second-order valence-corrected chi connectivity index (χ2v) is 2.61. The number of hydrogen-bond acceptors (Lipinski definition) is 4. The predicted molar refractivity (Wildman–Crippen MR) is 53.6 cm³/mol. The summed E-state index contributed by atoms with van der Waals surface area (Å²) >= 11 is 0. The van der Waals surface area contributed by atoms with Gasteiger partial charge in [-0.15, -0.1) is 0 Å². The summed E-state index contributed by atoms with van der Waals surface area (Å²) in [6.45, 7) is 3.26. The molecule has 1 aromatic carbocycles. The minimum atomic E-state index is -0.619. The van der Waals surface area contributed by atoms with Gasteiger partial charge in [0, 0.05) is 6.08 Å². The first-order chi connectivity index (χ1) is 7.19. The number of rotatable bonds is 3. The number of methoxy groups -OCH3 is 1. The monoisotopic (exact) mass is 206 g/mol. The lowest BCUT2D eigenvalue weighted by molar-refractivity contribution is -0.128. The molecule has 0 saturated heterocycles. The molecule has 4 nitrogen and oxygen atoms in total. The average molecular weight is 206 g/mol. The van der Waals surface area contributed by atoms with E-state index in [1.807, 2.05) is 0 Å². The van der Waals surface area contributed by atoms with Crippen molar-refractivity contribution in [3.8, 4) is 5.75 Å². The van der Waals surface area contributed by atoms with Crippen LogP contribution >= 0.6 is 0 Å². The Hall–Kier alpha value is -2.10. The van der Waals surface area contributed by atoms with Crippen molar-refractivity contribution in [1.82, 2.24) is 0 Å². The van der Waals surface area contributed by atoms with E-state index in [0.29, 0.717) is 0 Å². The summed E-state index contributed by atoms with van der Waals surface area (Å²) < 4.78 is 9.40. The van der Waals surface area contributed by atoms with Crippen LogP contribution in [0, 0.1) is 0 Å². The van der Waals surface area contributed by atoms with Crippen LogP contribution < -0.4 is 4.74 Å². The highest BCUT2D eigenvalue weighted by atomic mass is 16.5. The minimum absolute atomic E-state index is 0.161. The first-order valence-corrected chi connectivity index (χ1v) is 4.20. The van der Waals surface area contributed by atoms with Crippen LogP contribution in [0.5, 0.6) is 5.75 Å². The lowest BCUT2D eigenvalue weighted by Gasteiger charge is -2.06. The summed E-state index contributed by atoms with van der Waals surface area (Å²) in [4.78, 5) is 22.2. The van der Waals surface area contributed by atoms with Crippen molar-refractivity contribution >= 4 is 11.9 Å². The lowest BCUT2D eigenvalue weighted by atomic mass is 10.2. The van der Waals surface area contributed by atoms with E-state index in [-0.39, 0.29) is 11.3 Å². The van der Waals surface area contributed by atoms with Crippen molar-refractivity contribution in [1.29, 1.82) is 0 Å². The molecule has 4 heteroatoms. The highest BCUT2D eigenvalue weighted by Crippen LogP contribution is 2.18. The summed E-state index contributed by atoms with van der Waals surface area (Å²) in [5.74, 6) is -1.01. The number of para-hydroxylation sites is 1. The number of esters is 2. The van der Waals surface area contributed by atoms with Gasteiger partial charge in [0.15, 0.2) is 0 Å². The van der Waals surface area contributed by atoms with Crippen LogP contribution in [-0.2, 0) is 9.53 Å². The highest BCUT2D eigenvalue weighted by Gasteiger charge is 2.13. The Morgan fingerprint density at radius 3 is 2.60 bits per heavy atom. The van der Waals surface area contributed by atoms with Gasteiger partial charge in [0.1, 0.15) is 11.3 Å². The van der Waals surface area contributed by atoms with Gasteiger partial charge in [-0.25, -0.2) is 9.59 Å². The summed E-state index contributed by atoms with van der Waals surface area (Å²) in [7, 11) is 1.26. The smallest absolute Gasteiger partial charge is 0.341 e. The van der Waals surface area contributed by atoms with E-state index in [2.05, 4.69) is 11.3 Å². The van der Waals surface area contributed by atoms with Crippen molar-refractivity contribution in [3.63, 3.8) is 0 Å². The third kappa shape index (κ3) is 2.67. The van der Waals surface area contributed by atoms with Crippen molar-refractivity contribution in [2.45, 2.75) is 0 Å². The summed E-state index contributed by atoms with van der Waals surface area (Å²) in [5.41, 5.74) is 0.204. The molecular formula is C11H10O4. The highest BCUT2D eigenvalue weighted by molar-refractivity contribution is 5.94. The van der Waals surface area contributed by atoms with Crippen LogP contribution in [-0.4, -0.2) is 19.0 Å². The van der Waals surface area contributed by atoms with Gasteiger partial charge in [-0.05, 0) is 12.1 Å². The second kappa shape index (κ2) is 4.95. The zero-order chi connectivity index (χ0) is 11.3. The fourth-order valence-electron chi connectivity index (χ4n) is 0.984. The Morgan fingerprint density at radius 2 is 2.00 bits per heavy atom. The third-order valence-corrected chi connectivity index (χ3v) is 1.67. The zero-order valence-corrected chi connectivity index (χ0v) is 8.23. The molecule has 1 aromatic rings. The number of carbonyl (C=O) groups excluding carboxylic acids is 2. The van der Waals surface area contributed by atoms with Crippen LogP contribution in [0.4, 0.5) is 0 Å². The van der Waals surface area contributed by atoms with Gasteiger partial charge in [-0.1, -0.05) is 18.7 Å². The zero-order valence-electron chi connectivity index (χ0n) is 8.23. The molecule has 0 radical (unpaired) electrons. The van der Waals surface area contributed by atoms with Gasteiger partial charge in [0.25, 0.3) is 0 Å². The first kappa shape index (κ1) is 11.0. The second-order valence-electron chi connectivity index (χ2n) is 2.61.